The van der Waals surface area contributed by atoms with Crippen LogP contribution in [0.3, 0.4) is 0 Å². The molecule has 0 N–H and O–H groups in total. The number of ether oxygens (including phenoxy) is 1. The normalized spacial score (nSPS) is 19.7. The maximum Gasteiger partial charge on any atom is 0.411 e. The van der Waals surface area contributed by atoms with Gasteiger partial charge in [-0.3, -0.25) is 4.90 Å². The fourth-order valence-corrected chi connectivity index (χ4v) is 4.95. The van der Waals surface area contributed by atoms with Gasteiger partial charge in [-0.25, -0.2) is 4.79 Å². The fourth-order valence-electron chi connectivity index (χ4n) is 4.95. The van der Waals surface area contributed by atoms with Crippen LogP contribution < -0.4 is 0 Å². The summed E-state index contributed by atoms with van der Waals surface area (Å²) in [5, 5.41) is 4.22. The first-order valence-electron chi connectivity index (χ1n) is 12.3. The highest BCUT2D eigenvalue weighted by Crippen LogP contribution is 2.41. The molecule has 35 heavy (non-hydrogen) atoms. The van der Waals surface area contributed by atoms with Gasteiger partial charge < -0.3 is 9.26 Å². The zero-order valence-electron chi connectivity index (χ0n) is 20.0. The highest BCUT2D eigenvalue weighted by molar-refractivity contribution is 5.73. The monoisotopic (exact) mass is 464 g/mol. The van der Waals surface area contributed by atoms with Crippen molar-refractivity contribution < 1.29 is 14.1 Å². The Morgan fingerprint density at radius 1 is 0.857 bits per heavy atom. The van der Waals surface area contributed by atoms with Crippen LogP contribution in [0.15, 0.2) is 83.4 Å². The van der Waals surface area contributed by atoms with Crippen molar-refractivity contribution in [2.24, 2.45) is 0 Å². The van der Waals surface area contributed by atoms with Gasteiger partial charge in [0.25, 0.3) is 0 Å². The van der Waals surface area contributed by atoms with E-state index in [0.717, 1.165) is 33.9 Å². The van der Waals surface area contributed by atoms with Crippen LogP contribution in [0.25, 0.3) is 22.5 Å². The first-order valence-corrected chi connectivity index (χ1v) is 12.3. The van der Waals surface area contributed by atoms with Crippen LogP contribution in [-0.4, -0.2) is 22.2 Å². The summed E-state index contributed by atoms with van der Waals surface area (Å²) >= 11 is 0. The van der Waals surface area contributed by atoms with Gasteiger partial charge in [-0.15, -0.1) is 0 Å². The van der Waals surface area contributed by atoms with E-state index < -0.39 is 0 Å². The summed E-state index contributed by atoms with van der Waals surface area (Å²) in [6.07, 6.45) is 2.02. The fraction of sp³-hybridized carbons (Fsp3) is 0.267. The Kier molecular flexibility index (Phi) is 5.40. The van der Waals surface area contributed by atoms with Crippen LogP contribution >= 0.6 is 0 Å². The number of aryl methyl sites for hydroxylation is 1. The zero-order valence-corrected chi connectivity index (χ0v) is 20.0. The maximum absolute atomic E-state index is 12.8. The quantitative estimate of drug-likeness (QED) is 0.301. The molecule has 2 aliphatic rings. The lowest BCUT2D eigenvalue weighted by molar-refractivity contribution is 0.130. The number of rotatable bonds is 6. The number of hydrogen-bond acceptors (Lipinski definition) is 4. The first-order chi connectivity index (χ1) is 17.1. The minimum atomic E-state index is -0.317. The molecule has 2 fully saturated rings. The van der Waals surface area contributed by atoms with Gasteiger partial charge in [0, 0.05) is 11.1 Å². The Morgan fingerprint density at radius 2 is 1.49 bits per heavy atom. The van der Waals surface area contributed by atoms with Gasteiger partial charge in [0.05, 0.1) is 18.3 Å². The summed E-state index contributed by atoms with van der Waals surface area (Å²) in [5.74, 6) is 1.46. The predicted molar refractivity (Wildman–Crippen MR) is 135 cm³/mol. The number of carbonyl (C=O) groups is 1. The van der Waals surface area contributed by atoms with Crippen molar-refractivity contribution in [1.82, 2.24) is 10.1 Å². The number of hydrogen-bond donors (Lipinski definition) is 0. The molecule has 1 aliphatic carbocycles. The van der Waals surface area contributed by atoms with Crippen LogP contribution in [0.2, 0.25) is 0 Å². The van der Waals surface area contributed by atoms with Crippen molar-refractivity contribution in [1.29, 1.82) is 0 Å². The van der Waals surface area contributed by atoms with E-state index in [-0.39, 0.29) is 18.2 Å². The Bertz CT molecular complexity index is 1340. The third kappa shape index (κ3) is 4.12. The van der Waals surface area contributed by atoms with Crippen molar-refractivity contribution in [2.75, 3.05) is 0 Å². The SMILES string of the molecule is Cc1noc(-c2ccc(-c3ccc(C4CC4)cc3)cc2)c1CN1C(=O)O[C@@H](c2ccccc2)[C@H]1C. The van der Waals surface area contributed by atoms with Gasteiger partial charge in [0.1, 0.15) is 6.10 Å². The van der Waals surface area contributed by atoms with E-state index in [9.17, 15) is 4.79 Å². The van der Waals surface area contributed by atoms with E-state index in [2.05, 4.69) is 53.7 Å². The van der Waals surface area contributed by atoms with Crippen LogP contribution in [0.5, 0.6) is 0 Å². The summed E-state index contributed by atoms with van der Waals surface area (Å²) in [5.41, 5.74) is 7.44. The lowest BCUT2D eigenvalue weighted by Gasteiger charge is -2.21. The van der Waals surface area contributed by atoms with E-state index in [1.165, 1.54) is 24.0 Å². The molecule has 0 spiro atoms. The molecule has 4 aromatic rings. The third-order valence-corrected chi connectivity index (χ3v) is 7.27. The molecule has 5 nitrogen and oxygen atoms in total. The molecule has 1 aliphatic heterocycles. The van der Waals surface area contributed by atoms with Gasteiger partial charge in [0.2, 0.25) is 0 Å². The highest BCUT2D eigenvalue weighted by Gasteiger charge is 2.40. The van der Waals surface area contributed by atoms with Crippen LogP contribution in [0, 0.1) is 6.92 Å². The lowest BCUT2D eigenvalue weighted by Crippen LogP contribution is -2.31. The van der Waals surface area contributed by atoms with Crippen LogP contribution in [0.1, 0.15) is 54.2 Å². The number of nitrogens with zero attached hydrogens (tertiary/aromatic N) is 2. The molecule has 1 saturated carbocycles. The molecule has 2 atom stereocenters. The molecule has 3 aromatic carbocycles. The maximum atomic E-state index is 12.8. The second kappa shape index (κ2) is 8.73. The van der Waals surface area contributed by atoms with Gasteiger partial charge in [0.15, 0.2) is 5.76 Å². The van der Waals surface area contributed by atoms with Gasteiger partial charge >= 0.3 is 6.09 Å². The zero-order chi connectivity index (χ0) is 23.9. The Balaban J connectivity index is 1.23. The third-order valence-electron chi connectivity index (χ3n) is 7.27. The number of cyclic esters (lactones) is 1. The molecule has 1 aromatic heterocycles. The minimum absolute atomic E-state index is 0.104. The van der Waals surface area contributed by atoms with Crippen molar-refractivity contribution in [3.05, 3.63) is 101 Å². The van der Waals surface area contributed by atoms with Crippen LogP contribution in [0.4, 0.5) is 4.79 Å². The standard InChI is InChI=1S/C30H28N2O3/c1-19-27(18-32-20(2)28(34-30(32)33)25-6-4-3-5-7-25)29(35-31-19)26-16-14-24(15-17-26)23-12-10-22(11-13-23)21-8-9-21/h3-7,10-17,20-21,28H,8-9,18H2,1-2H3/t20-,28-/m1/s1. The molecule has 6 rings (SSSR count). The average Bonchev–Trinajstić information content (AvgIpc) is 3.63. The molecule has 0 radical (unpaired) electrons. The molecule has 1 saturated heterocycles. The molecule has 1 amide bonds. The van der Waals surface area contributed by atoms with Gasteiger partial charge in [-0.1, -0.05) is 84.0 Å². The number of aromatic nitrogens is 1. The molecule has 5 heteroatoms. The number of carbonyl (C=O) groups excluding carboxylic acids is 1. The first kappa shape index (κ1) is 21.7. The molecular weight excluding hydrogens is 436 g/mol. The molecule has 0 bridgehead atoms. The Labute approximate surface area is 205 Å². The Morgan fingerprint density at radius 3 is 2.14 bits per heavy atom. The molecule has 0 unspecified atom stereocenters. The van der Waals surface area contributed by atoms with Crippen molar-refractivity contribution in [3.8, 4) is 22.5 Å². The van der Waals surface area contributed by atoms with E-state index in [0.29, 0.717) is 12.3 Å². The number of amides is 1. The van der Waals surface area contributed by atoms with E-state index in [4.69, 9.17) is 9.26 Å². The smallest absolute Gasteiger partial charge is 0.411 e. The summed E-state index contributed by atoms with van der Waals surface area (Å²) in [7, 11) is 0. The summed E-state index contributed by atoms with van der Waals surface area (Å²) in [4.78, 5) is 14.5. The van der Waals surface area contributed by atoms with Gasteiger partial charge in [-0.05, 0) is 54.9 Å². The van der Waals surface area contributed by atoms with Crippen molar-refractivity contribution in [3.63, 3.8) is 0 Å². The molecule has 2 heterocycles. The minimum Gasteiger partial charge on any atom is -0.439 e. The summed E-state index contributed by atoms with van der Waals surface area (Å²) < 4.78 is 11.5. The number of benzene rings is 3. The van der Waals surface area contributed by atoms with Gasteiger partial charge in [-0.2, -0.15) is 0 Å². The Hall–Kier alpha value is -3.86. The van der Waals surface area contributed by atoms with E-state index >= 15 is 0 Å². The summed E-state index contributed by atoms with van der Waals surface area (Å²) in [6, 6.07) is 27.0. The van der Waals surface area contributed by atoms with E-state index in [1.807, 2.05) is 44.2 Å². The average molecular weight is 465 g/mol. The predicted octanol–water partition coefficient (Wildman–Crippen LogP) is 7.28. The van der Waals surface area contributed by atoms with Crippen LogP contribution in [-0.2, 0) is 11.3 Å². The topological polar surface area (TPSA) is 55.6 Å². The second-order valence-corrected chi connectivity index (χ2v) is 9.63. The highest BCUT2D eigenvalue weighted by atomic mass is 16.6. The van der Waals surface area contributed by atoms with Crippen molar-refractivity contribution in [2.45, 2.75) is 51.3 Å². The molecular formula is C30H28N2O3. The largest absolute Gasteiger partial charge is 0.439 e. The molecule has 176 valence electrons. The second-order valence-electron chi connectivity index (χ2n) is 9.63. The lowest BCUT2D eigenvalue weighted by atomic mass is 9.99. The van der Waals surface area contributed by atoms with Crippen molar-refractivity contribution >= 4 is 6.09 Å². The van der Waals surface area contributed by atoms with E-state index in [1.54, 1.807) is 4.90 Å². The summed E-state index contributed by atoms with van der Waals surface area (Å²) in [6.45, 7) is 4.33.